The van der Waals surface area contributed by atoms with E-state index < -0.39 is 0 Å². The van der Waals surface area contributed by atoms with E-state index in [-0.39, 0.29) is 5.91 Å². The van der Waals surface area contributed by atoms with Crippen molar-refractivity contribution in [1.82, 2.24) is 9.88 Å². The largest absolute Gasteiger partial charge is 0.368 e. The maximum atomic E-state index is 13.4. The molecule has 0 unspecified atom stereocenters. The van der Waals surface area contributed by atoms with Gasteiger partial charge in [0.15, 0.2) is 0 Å². The molecule has 27 heavy (non-hydrogen) atoms. The molecule has 4 heteroatoms. The number of anilines is 1. The second-order valence-corrected chi connectivity index (χ2v) is 7.04. The van der Waals surface area contributed by atoms with Gasteiger partial charge in [-0.1, -0.05) is 43.3 Å². The SMILES string of the molecule is CCc1nc2ccccc2c(C)c1C(=O)N1CCN(c2ccccc2)CC1. The van der Waals surface area contributed by atoms with E-state index in [0.29, 0.717) is 0 Å². The Morgan fingerprint density at radius 1 is 0.963 bits per heavy atom. The lowest BCUT2D eigenvalue weighted by Gasteiger charge is -2.36. The van der Waals surface area contributed by atoms with Crippen LogP contribution in [0.4, 0.5) is 5.69 Å². The van der Waals surface area contributed by atoms with Crippen molar-refractivity contribution in [2.45, 2.75) is 20.3 Å². The third-order valence-electron chi connectivity index (χ3n) is 5.46. The highest BCUT2D eigenvalue weighted by Crippen LogP contribution is 2.25. The van der Waals surface area contributed by atoms with E-state index in [0.717, 1.165) is 60.3 Å². The normalized spacial score (nSPS) is 14.6. The van der Waals surface area contributed by atoms with Gasteiger partial charge in [-0.25, -0.2) is 0 Å². The lowest BCUT2D eigenvalue weighted by Crippen LogP contribution is -2.49. The number of para-hydroxylation sites is 2. The van der Waals surface area contributed by atoms with Crippen molar-refractivity contribution in [3.63, 3.8) is 0 Å². The first kappa shape index (κ1) is 17.5. The number of pyridine rings is 1. The van der Waals surface area contributed by atoms with Crippen molar-refractivity contribution in [1.29, 1.82) is 0 Å². The Kier molecular flexibility index (Phi) is 4.80. The highest BCUT2D eigenvalue weighted by molar-refractivity contribution is 6.01. The first-order valence-corrected chi connectivity index (χ1v) is 9.66. The van der Waals surface area contributed by atoms with Gasteiger partial charge in [-0.05, 0) is 37.1 Å². The smallest absolute Gasteiger partial charge is 0.256 e. The maximum Gasteiger partial charge on any atom is 0.256 e. The number of hydrogen-bond donors (Lipinski definition) is 0. The Bertz CT molecular complexity index is 960. The van der Waals surface area contributed by atoms with Crippen LogP contribution in [0.25, 0.3) is 10.9 Å². The maximum absolute atomic E-state index is 13.4. The summed E-state index contributed by atoms with van der Waals surface area (Å²) >= 11 is 0. The van der Waals surface area contributed by atoms with E-state index in [1.807, 2.05) is 29.2 Å². The molecule has 0 saturated carbocycles. The second-order valence-electron chi connectivity index (χ2n) is 7.04. The van der Waals surface area contributed by atoms with Crippen molar-refractivity contribution >= 4 is 22.5 Å². The predicted octanol–water partition coefficient (Wildman–Crippen LogP) is 4.07. The molecule has 0 spiro atoms. The molecule has 0 atom stereocenters. The summed E-state index contributed by atoms with van der Waals surface area (Å²) in [5.41, 5.74) is 4.94. The Morgan fingerprint density at radius 3 is 2.33 bits per heavy atom. The van der Waals surface area contributed by atoms with Crippen molar-refractivity contribution in [2.75, 3.05) is 31.1 Å². The van der Waals surface area contributed by atoms with Gasteiger partial charge in [-0.2, -0.15) is 0 Å². The summed E-state index contributed by atoms with van der Waals surface area (Å²) in [5.74, 6) is 0.121. The molecule has 2 heterocycles. The summed E-state index contributed by atoms with van der Waals surface area (Å²) in [6.07, 6.45) is 0.761. The monoisotopic (exact) mass is 359 g/mol. The molecule has 1 aliphatic rings. The van der Waals surface area contributed by atoms with E-state index >= 15 is 0 Å². The molecule has 2 aromatic carbocycles. The fourth-order valence-corrected chi connectivity index (χ4v) is 3.94. The quantitative estimate of drug-likeness (QED) is 0.707. The molecule has 0 aliphatic carbocycles. The number of carbonyl (C=O) groups excluding carboxylic acids is 1. The van der Waals surface area contributed by atoms with E-state index in [1.165, 1.54) is 5.69 Å². The molecular weight excluding hydrogens is 334 g/mol. The Labute approximate surface area is 160 Å². The minimum absolute atomic E-state index is 0.121. The number of amides is 1. The third kappa shape index (κ3) is 3.27. The molecule has 3 aromatic rings. The summed E-state index contributed by atoms with van der Waals surface area (Å²) < 4.78 is 0. The zero-order valence-corrected chi connectivity index (χ0v) is 16.0. The molecule has 138 valence electrons. The van der Waals surface area contributed by atoms with Crippen molar-refractivity contribution < 1.29 is 4.79 Å². The summed E-state index contributed by atoms with van der Waals surface area (Å²) in [5, 5.41) is 1.07. The molecule has 4 rings (SSSR count). The van der Waals surface area contributed by atoms with Crippen molar-refractivity contribution in [2.24, 2.45) is 0 Å². The number of benzene rings is 2. The van der Waals surface area contributed by atoms with Gasteiger partial charge >= 0.3 is 0 Å². The Hall–Kier alpha value is -2.88. The second kappa shape index (κ2) is 7.39. The van der Waals surface area contributed by atoms with Gasteiger partial charge in [-0.15, -0.1) is 0 Å². The van der Waals surface area contributed by atoms with E-state index in [9.17, 15) is 4.79 Å². The van der Waals surface area contributed by atoms with Crippen LogP contribution in [-0.4, -0.2) is 42.0 Å². The van der Waals surface area contributed by atoms with Gasteiger partial charge in [-0.3, -0.25) is 9.78 Å². The van der Waals surface area contributed by atoms with E-state index in [2.05, 4.69) is 49.1 Å². The Balaban J connectivity index is 1.59. The average molecular weight is 359 g/mol. The lowest BCUT2D eigenvalue weighted by molar-refractivity contribution is 0.0744. The number of aromatic nitrogens is 1. The summed E-state index contributed by atoms with van der Waals surface area (Å²) in [7, 11) is 0. The average Bonchev–Trinajstić information content (AvgIpc) is 2.74. The van der Waals surface area contributed by atoms with Gasteiger partial charge < -0.3 is 9.80 Å². The molecule has 0 N–H and O–H groups in total. The van der Waals surface area contributed by atoms with Gasteiger partial charge in [0, 0.05) is 37.3 Å². The van der Waals surface area contributed by atoms with Crippen LogP contribution >= 0.6 is 0 Å². The standard InChI is InChI=1S/C23H25N3O/c1-3-20-22(17(2)19-11-7-8-12-21(19)24-20)23(27)26-15-13-25(14-16-26)18-9-5-4-6-10-18/h4-12H,3,13-16H2,1-2H3. The molecule has 1 amide bonds. The number of hydrogen-bond acceptors (Lipinski definition) is 3. The van der Waals surface area contributed by atoms with Crippen molar-refractivity contribution in [3.05, 3.63) is 71.4 Å². The van der Waals surface area contributed by atoms with Crippen LogP contribution < -0.4 is 4.90 Å². The fraction of sp³-hybridized carbons (Fsp3) is 0.304. The molecule has 0 radical (unpaired) electrons. The number of fused-ring (bicyclic) bond motifs is 1. The van der Waals surface area contributed by atoms with Crippen LogP contribution in [0.15, 0.2) is 54.6 Å². The van der Waals surface area contributed by atoms with Gasteiger partial charge in [0.2, 0.25) is 0 Å². The fourth-order valence-electron chi connectivity index (χ4n) is 3.94. The molecule has 4 nitrogen and oxygen atoms in total. The molecule has 0 bridgehead atoms. The van der Waals surface area contributed by atoms with E-state index in [1.54, 1.807) is 0 Å². The lowest BCUT2D eigenvalue weighted by atomic mass is 9.99. The topological polar surface area (TPSA) is 36.4 Å². The number of rotatable bonds is 3. The van der Waals surface area contributed by atoms with Crippen LogP contribution in [0, 0.1) is 6.92 Å². The first-order valence-electron chi connectivity index (χ1n) is 9.66. The minimum atomic E-state index is 0.121. The number of nitrogens with zero attached hydrogens (tertiary/aromatic N) is 3. The molecular formula is C23H25N3O. The third-order valence-corrected chi connectivity index (χ3v) is 5.46. The first-order chi connectivity index (χ1) is 13.2. The van der Waals surface area contributed by atoms with Gasteiger partial charge in [0.05, 0.1) is 16.8 Å². The van der Waals surface area contributed by atoms with Crippen molar-refractivity contribution in [3.8, 4) is 0 Å². The molecule has 1 fully saturated rings. The number of piperazine rings is 1. The zero-order valence-electron chi connectivity index (χ0n) is 16.0. The van der Waals surface area contributed by atoms with Crippen LogP contribution in [0.2, 0.25) is 0 Å². The van der Waals surface area contributed by atoms with Crippen LogP contribution in [0.3, 0.4) is 0 Å². The summed E-state index contributed by atoms with van der Waals surface area (Å²) in [6, 6.07) is 18.5. The Morgan fingerprint density at radius 2 is 1.63 bits per heavy atom. The van der Waals surface area contributed by atoms with Gasteiger partial charge in [0.1, 0.15) is 0 Å². The summed E-state index contributed by atoms with van der Waals surface area (Å²) in [4.78, 5) is 22.5. The van der Waals surface area contributed by atoms with Crippen LogP contribution in [0.1, 0.15) is 28.5 Å². The van der Waals surface area contributed by atoms with Crippen LogP contribution in [-0.2, 0) is 6.42 Å². The minimum Gasteiger partial charge on any atom is -0.368 e. The van der Waals surface area contributed by atoms with E-state index in [4.69, 9.17) is 4.98 Å². The predicted molar refractivity (Wildman–Crippen MR) is 110 cm³/mol. The highest BCUT2D eigenvalue weighted by atomic mass is 16.2. The number of aryl methyl sites for hydroxylation is 2. The molecule has 1 aliphatic heterocycles. The molecule has 1 saturated heterocycles. The summed E-state index contributed by atoms with van der Waals surface area (Å²) in [6.45, 7) is 7.32. The van der Waals surface area contributed by atoms with Crippen LogP contribution in [0.5, 0.6) is 0 Å². The van der Waals surface area contributed by atoms with Gasteiger partial charge in [0.25, 0.3) is 5.91 Å². The zero-order chi connectivity index (χ0) is 18.8. The molecule has 1 aromatic heterocycles. The number of carbonyl (C=O) groups is 1. The highest BCUT2D eigenvalue weighted by Gasteiger charge is 2.26.